The van der Waals surface area contributed by atoms with Crippen molar-refractivity contribution in [2.24, 2.45) is 0 Å². The Morgan fingerprint density at radius 3 is 2.75 bits per heavy atom. The number of hydrogen-bond donors (Lipinski definition) is 1. The van der Waals surface area contributed by atoms with Crippen molar-refractivity contribution < 1.29 is 0 Å². The number of nitrogens with zero attached hydrogens (tertiary/aromatic N) is 3. The molecule has 3 aliphatic heterocycles. The molecule has 2 aromatic rings. The van der Waals surface area contributed by atoms with Crippen molar-refractivity contribution in [3.8, 4) is 0 Å². The molecule has 0 amide bonds. The Bertz CT molecular complexity index is 564. The zero-order valence-corrected chi connectivity index (χ0v) is 12.0. The molecule has 0 aliphatic carbocycles. The average molecular weight is 270 g/mol. The number of H-pyrrole nitrogens is 1. The van der Waals surface area contributed by atoms with Gasteiger partial charge in [-0.3, -0.25) is 4.90 Å². The van der Waals surface area contributed by atoms with E-state index in [-0.39, 0.29) is 0 Å². The minimum atomic E-state index is 0.380. The largest absolute Gasteiger partial charge is 0.341 e. The van der Waals surface area contributed by atoms with Crippen LogP contribution in [0.4, 0.5) is 0 Å². The molecule has 2 bridgehead atoms. The van der Waals surface area contributed by atoms with Crippen LogP contribution in [-0.4, -0.2) is 52.0 Å². The molecule has 1 N–H and O–H groups in total. The molecule has 20 heavy (non-hydrogen) atoms. The average Bonchev–Trinajstić information content (AvgIpc) is 2.70. The van der Waals surface area contributed by atoms with Gasteiger partial charge in [-0.25, -0.2) is 4.98 Å². The molecule has 4 nitrogen and oxygen atoms in total. The summed E-state index contributed by atoms with van der Waals surface area (Å²) in [6.07, 6.45) is 2.62. The van der Waals surface area contributed by atoms with Crippen molar-refractivity contribution in [3.63, 3.8) is 0 Å². The first kappa shape index (κ1) is 12.4. The van der Waals surface area contributed by atoms with Crippen molar-refractivity contribution in [2.75, 3.05) is 26.2 Å². The first-order valence-corrected chi connectivity index (χ1v) is 7.74. The number of rotatable bonds is 2. The van der Waals surface area contributed by atoms with E-state index < -0.39 is 0 Å². The SMILES string of the molecule is CC(c1nc2ccccc2[nH]1)N1CCN2CCC1CC2. The van der Waals surface area contributed by atoms with Gasteiger partial charge in [-0.1, -0.05) is 12.1 Å². The Hall–Kier alpha value is -1.39. The summed E-state index contributed by atoms with van der Waals surface area (Å²) in [5, 5.41) is 0. The first-order chi connectivity index (χ1) is 9.81. The highest BCUT2D eigenvalue weighted by Crippen LogP contribution is 2.29. The second kappa shape index (κ2) is 4.86. The van der Waals surface area contributed by atoms with Crippen LogP contribution in [0.15, 0.2) is 24.3 Å². The molecule has 4 heterocycles. The summed E-state index contributed by atoms with van der Waals surface area (Å²) >= 11 is 0. The fourth-order valence-electron chi connectivity index (χ4n) is 3.75. The molecular weight excluding hydrogens is 248 g/mol. The summed E-state index contributed by atoms with van der Waals surface area (Å²) in [5.41, 5.74) is 2.23. The lowest BCUT2D eigenvalue weighted by atomic mass is 10.0. The number of para-hydroxylation sites is 2. The number of aromatic nitrogens is 2. The lowest BCUT2D eigenvalue weighted by molar-refractivity contribution is 0.137. The van der Waals surface area contributed by atoms with Gasteiger partial charge in [0.15, 0.2) is 0 Å². The number of nitrogens with one attached hydrogen (secondary N) is 1. The van der Waals surface area contributed by atoms with Gasteiger partial charge in [-0.05, 0) is 45.0 Å². The van der Waals surface area contributed by atoms with E-state index in [1.54, 1.807) is 0 Å². The van der Waals surface area contributed by atoms with Crippen LogP contribution < -0.4 is 0 Å². The van der Waals surface area contributed by atoms with Crippen molar-refractivity contribution in [2.45, 2.75) is 31.8 Å². The van der Waals surface area contributed by atoms with E-state index in [2.05, 4.69) is 46.0 Å². The van der Waals surface area contributed by atoms with Crippen LogP contribution in [-0.2, 0) is 0 Å². The summed E-state index contributed by atoms with van der Waals surface area (Å²) in [4.78, 5) is 13.6. The van der Waals surface area contributed by atoms with E-state index in [9.17, 15) is 0 Å². The maximum absolute atomic E-state index is 4.79. The summed E-state index contributed by atoms with van der Waals surface area (Å²) in [6, 6.07) is 9.43. The predicted molar refractivity (Wildman–Crippen MR) is 80.7 cm³/mol. The molecule has 0 spiro atoms. The van der Waals surface area contributed by atoms with Crippen molar-refractivity contribution in [3.05, 3.63) is 30.1 Å². The number of fused-ring (bicyclic) bond motifs is 5. The van der Waals surface area contributed by atoms with Crippen molar-refractivity contribution in [1.29, 1.82) is 0 Å². The van der Waals surface area contributed by atoms with Gasteiger partial charge in [-0.15, -0.1) is 0 Å². The molecule has 5 rings (SSSR count). The fourth-order valence-corrected chi connectivity index (χ4v) is 3.75. The molecule has 106 valence electrons. The molecule has 1 atom stereocenters. The molecule has 1 unspecified atom stereocenters. The van der Waals surface area contributed by atoms with E-state index in [1.807, 2.05) is 0 Å². The lowest BCUT2D eigenvalue weighted by Gasteiger charge is -2.34. The Labute approximate surface area is 119 Å². The Morgan fingerprint density at radius 2 is 1.95 bits per heavy atom. The summed E-state index contributed by atoms with van der Waals surface area (Å²) in [7, 11) is 0. The zero-order chi connectivity index (χ0) is 13.5. The quantitative estimate of drug-likeness (QED) is 0.910. The fraction of sp³-hybridized carbons (Fsp3) is 0.562. The summed E-state index contributed by atoms with van der Waals surface area (Å²) in [5.74, 6) is 1.12. The monoisotopic (exact) mass is 270 g/mol. The minimum absolute atomic E-state index is 0.380. The second-order valence-corrected chi connectivity index (χ2v) is 6.13. The summed E-state index contributed by atoms with van der Waals surface area (Å²) < 4.78 is 0. The van der Waals surface area contributed by atoms with Gasteiger partial charge in [0.1, 0.15) is 5.82 Å². The number of benzene rings is 1. The Morgan fingerprint density at radius 1 is 1.15 bits per heavy atom. The van der Waals surface area contributed by atoms with E-state index in [4.69, 9.17) is 4.98 Å². The number of piperidine rings is 1. The van der Waals surface area contributed by atoms with E-state index in [0.717, 1.165) is 22.9 Å². The van der Waals surface area contributed by atoms with Gasteiger partial charge in [-0.2, -0.15) is 0 Å². The zero-order valence-electron chi connectivity index (χ0n) is 12.0. The van der Waals surface area contributed by atoms with Crippen LogP contribution in [0.25, 0.3) is 11.0 Å². The van der Waals surface area contributed by atoms with E-state index >= 15 is 0 Å². The standard InChI is InChI=1S/C16H22N4/c1-12(16-17-14-4-2-3-5-15(14)18-16)20-11-10-19-8-6-13(20)7-9-19/h2-5,12-13H,6-11H2,1H3,(H,17,18). The molecule has 3 aliphatic rings. The normalized spacial score (nSPS) is 28.6. The van der Waals surface area contributed by atoms with Crippen LogP contribution in [0.3, 0.4) is 0 Å². The highest BCUT2D eigenvalue weighted by molar-refractivity contribution is 5.74. The van der Waals surface area contributed by atoms with Crippen LogP contribution in [0.5, 0.6) is 0 Å². The van der Waals surface area contributed by atoms with Gasteiger partial charge in [0, 0.05) is 19.1 Å². The predicted octanol–water partition coefficient (Wildman–Crippen LogP) is 2.40. The minimum Gasteiger partial charge on any atom is -0.341 e. The van der Waals surface area contributed by atoms with Gasteiger partial charge < -0.3 is 9.88 Å². The maximum Gasteiger partial charge on any atom is 0.124 e. The van der Waals surface area contributed by atoms with Crippen LogP contribution in [0, 0.1) is 0 Å². The molecule has 3 fully saturated rings. The highest BCUT2D eigenvalue weighted by Gasteiger charge is 2.32. The van der Waals surface area contributed by atoms with Crippen LogP contribution in [0.2, 0.25) is 0 Å². The van der Waals surface area contributed by atoms with E-state index in [0.29, 0.717) is 6.04 Å². The number of imidazole rings is 1. The van der Waals surface area contributed by atoms with Crippen molar-refractivity contribution in [1.82, 2.24) is 19.8 Å². The lowest BCUT2D eigenvalue weighted by Crippen LogP contribution is -2.39. The van der Waals surface area contributed by atoms with Gasteiger partial charge >= 0.3 is 0 Å². The molecule has 3 saturated heterocycles. The topological polar surface area (TPSA) is 35.2 Å². The number of hydrogen-bond acceptors (Lipinski definition) is 3. The molecule has 1 aromatic heterocycles. The van der Waals surface area contributed by atoms with Crippen LogP contribution >= 0.6 is 0 Å². The second-order valence-electron chi connectivity index (χ2n) is 6.13. The Kier molecular flexibility index (Phi) is 3.00. The maximum atomic E-state index is 4.79. The molecule has 0 radical (unpaired) electrons. The first-order valence-electron chi connectivity index (χ1n) is 7.74. The summed E-state index contributed by atoms with van der Waals surface area (Å²) in [6.45, 7) is 7.22. The van der Waals surface area contributed by atoms with Gasteiger partial charge in [0.2, 0.25) is 0 Å². The smallest absolute Gasteiger partial charge is 0.124 e. The molecule has 4 heteroatoms. The third kappa shape index (κ3) is 2.03. The number of aromatic amines is 1. The molecular formula is C16H22N4. The highest BCUT2D eigenvalue weighted by atomic mass is 15.3. The molecule has 0 saturated carbocycles. The van der Waals surface area contributed by atoms with Gasteiger partial charge in [0.25, 0.3) is 0 Å². The Balaban J connectivity index is 1.63. The van der Waals surface area contributed by atoms with Crippen LogP contribution in [0.1, 0.15) is 31.6 Å². The van der Waals surface area contributed by atoms with E-state index in [1.165, 1.54) is 39.0 Å². The third-order valence-corrected chi connectivity index (χ3v) is 5.00. The van der Waals surface area contributed by atoms with Gasteiger partial charge in [0.05, 0.1) is 17.1 Å². The van der Waals surface area contributed by atoms with Crippen molar-refractivity contribution >= 4 is 11.0 Å². The third-order valence-electron chi connectivity index (χ3n) is 5.00. The molecule has 1 aromatic carbocycles.